The molecule has 0 radical (unpaired) electrons. The highest BCUT2D eigenvalue weighted by Crippen LogP contribution is 2.41. The molecule has 0 aromatic heterocycles. The standard InChI is InChI=1S/C82H150N6O30/c1-7-9-11-13-15-17-18-19-20-21-22-23-25-28-32-36-40-88(60(98)39-35-31-26-24-16-14-12-10-8-2)77-62(87-76(107)52(83)42-49(3)4)67(102)65(100)55(111-77)44-84-59(97)38-34-30-27-29-33-37-41-110-79-70(105)69(104)72(57(47-91)113-79)115-80-71(106)75(73(58(48-92)114-80)116-78-63(86-51(6)94)68(103)66(101)56(46-90)112-78)118-82(81(108)109)43-53(95)61(85-50(5)93)74(117-82)64(99)54(96)45-89/h49,52-58,61-75,77-80,89-92,95-96,99-106H,7-48,83H2,1-6H3,(H,84,97)(H,85,93)(H,86,94)(H,87,107)(H,108,109)/t52-,53-,54+,55+,56+,57+,58+,61+,62+,63+,64+,65+,66-,67+,68+,69+,70+,71+,72+,73-,74+,75+,77+,78-,79+,80-,82-/m0/s1. The van der Waals surface area contributed by atoms with Crippen LogP contribution in [0.2, 0.25) is 0 Å². The van der Waals surface area contributed by atoms with E-state index >= 15 is 0 Å². The van der Waals surface area contributed by atoms with Crippen molar-refractivity contribution in [3.8, 4) is 0 Å². The number of carbonyl (C=O) groups is 6. The van der Waals surface area contributed by atoms with Gasteiger partial charge in [-0.05, 0) is 38.0 Å². The highest BCUT2D eigenvalue weighted by molar-refractivity contribution is 5.82. The Labute approximate surface area is 695 Å². The molecule has 0 saturated carbocycles. The number of nitrogens with one attached hydrogen (secondary N) is 4. The summed E-state index contributed by atoms with van der Waals surface area (Å²) >= 11 is 0. The first kappa shape index (κ1) is 104. The normalized spacial score (nSPS) is 32.1. The van der Waals surface area contributed by atoms with Gasteiger partial charge in [-0.2, -0.15) is 0 Å². The summed E-state index contributed by atoms with van der Waals surface area (Å²) in [5.74, 6) is -8.01. The van der Waals surface area contributed by atoms with Gasteiger partial charge in [0.1, 0.15) is 116 Å². The minimum Gasteiger partial charge on any atom is -0.477 e. The molecule has 0 bridgehead atoms. The lowest BCUT2D eigenvalue weighted by Gasteiger charge is -2.52. The van der Waals surface area contributed by atoms with Gasteiger partial charge in [0.2, 0.25) is 29.5 Å². The Balaban J connectivity index is 1.18. The van der Waals surface area contributed by atoms with Crippen LogP contribution >= 0.6 is 0 Å². The zero-order valence-corrected chi connectivity index (χ0v) is 70.6. The summed E-state index contributed by atoms with van der Waals surface area (Å²) in [6.07, 6.45) is -10.1. The highest BCUT2D eigenvalue weighted by Gasteiger charge is 2.62. The summed E-state index contributed by atoms with van der Waals surface area (Å²) in [7, 11) is 0. The number of hydrogen-bond donors (Lipinski definition) is 20. The maximum atomic E-state index is 14.5. The van der Waals surface area contributed by atoms with Gasteiger partial charge in [-0.15, -0.1) is 0 Å². The molecule has 0 aliphatic carbocycles. The van der Waals surface area contributed by atoms with Gasteiger partial charge in [-0.25, -0.2) is 4.79 Å². The average molecular weight is 1700 g/mol. The Morgan fingerprint density at radius 1 is 0.500 bits per heavy atom. The number of carboxylic acid groups (broad SMARTS) is 1. The molecular formula is C82H150N6O30. The van der Waals surface area contributed by atoms with Crippen LogP contribution in [0, 0.1) is 5.92 Å². The van der Waals surface area contributed by atoms with Crippen molar-refractivity contribution in [2.24, 2.45) is 11.7 Å². The van der Waals surface area contributed by atoms with E-state index in [1.165, 1.54) is 96.3 Å². The molecule has 0 aromatic carbocycles. The van der Waals surface area contributed by atoms with Crippen LogP contribution in [0.3, 0.4) is 0 Å². The topological polar surface area (TPSA) is 566 Å². The molecule has 5 aliphatic heterocycles. The van der Waals surface area contributed by atoms with E-state index in [1.54, 1.807) is 4.90 Å². The number of ether oxygens (including phenoxy) is 9. The summed E-state index contributed by atoms with van der Waals surface area (Å²) in [5, 5.41) is 177. The first-order chi connectivity index (χ1) is 56.4. The predicted octanol–water partition coefficient (Wildman–Crippen LogP) is 0.932. The largest absolute Gasteiger partial charge is 0.477 e. The van der Waals surface area contributed by atoms with Crippen molar-refractivity contribution in [1.29, 1.82) is 0 Å². The number of carboxylic acids is 1. The fraction of sp³-hybridized carbons (Fsp3) is 0.927. The summed E-state index contributed by atoms with van der Waals surface area (Å²) in [5.41, 5.74) is 6.37. The minimum atomic E-state index is -3.28. The highest BCUT2D eigenvalue weighted by atomic mass is 16.8. The van der Waals surface area contributed by atoms with Gasteiger partial charge in [-0.3, -0.25) is 24.0 Å². The predicted molar refractivity (Wildman–Crippen MR) is 426 cm³/mol. The van der Waals surface area contributed by atoms with Crippen LogP contribution in [-0.4, -0.2) is 328 Å². The number of aliphatic carboxylic acids is 1. The lowest BCUT2D eigenvalue weighted by molar-refractivity contribution is -0.400. The third-order valence-electron chi connectivity index (χ3n) is 23.0. The third kappa shape index (κ3) is 33.4. The number of unbranched alkanes of at least 4 members (excludes halogenated alkanes) is 28. The van der Waals surface area contributed by atoms with Crippen LogP contribution in [-0.2, 0) is 71.4 Å². The Kier molecular flexibility index (Phi) is 49.5. The molecule has 5 rings (SSSR count). The molecule has 5 heterocycles. The summed E-state index contributed by atoms with van der Waals surface area (Å²) < 4.78 is 54.1. The molecule has 27 atom stereocenters. The number of rotatable bonds is 59. The third-order valence-corrected chi connectivity index (χ3v) is 23.0. The number of nitrogens with two attached hydrogens (primary N) is 1. The molecule has 21 N–H and O–H groups in total. The summed E-state index contributed by atoms with van der Waals surface area (Å²) in [6.45, 7) is 6.17. The van der Waals surface area contributed by atoms with Crippen molar-refractivity contribution in [3.05, 3.63) is 0 Å². The van der Waals surface area contributed by atoms with Crippen LogP contribution < -0.4 is 27.0 Å². The van der Waals surface area contributed by atoms with Crippen molar-refractivity contribution in [1.82, 2.24) is 26.2 Å². The molecule has 118 heavy (non-hydrogen) atoms. The minimum absolute atomic E-state index is 0.0369. The lowest BCUT2D eigenvalue weighted by atomic mass is 9.88. The summed E-state index contributed by atoms with van der Waals surface area (Å²) in [6, 6.07) is -5.59. The molecule has 36 heteroatoms. The monoisotopic (exact) mass is 1700 g/mol. The van der Waals surface area contributed by atoms with E-state index in [1.807, 2.05) is 13.8 Å². The van der Waals surface area contributed by atoms with E-state index < -0.39 is 221 Å². The second-order valence-electron chi connectivity index (χ2n) is 33.4. The van der Waals surface area contributed by atoms with Crippen LogP contribution in [0.15, 0.2) is 0 Å². The van der Waals surface area contributed by atoms with Crippen LogP contribution in [0.4, 0.5) is 0 Å². The quantitative estimate of drug-likeness (QED) is 0.0377. The Bertz CT molecular complexity index is 2820. The number of hydrogen-bond acceptors (Lipinski definition) is 30. The van der Waals surface area contributed by atoms with Crippen LogP contribution in [0.5, 0.6) is 0 Å². The first-order valence-corrected chi connectivity index (χ1v) is 44.0. The average Bonchev–Trinajstić information content (AvgIpc) is 0.743. The van der Waals surface area contributed by atoms with Gasteiger partial charge in [0.15, 0.2) is 25.1 Å². The van der Waals surface area contributed by atoms with Crippen molar-refractivity contribution < 1.29 is 148 Å². The second kappa shape index (κ2) is 56.0. The van der Waals surface area contributed by atoms with Crippen LogP contribution in [0.25, 0.3) is 0 Å². The molecule has 0 unspecified atom stereocenters. The molecule has 5 saturated heterocycles. The number of aliphatic hydroxyl groups excluding tert-OH is 14. The van der Waals surface area contributed by atoms with Crippen molar-refractivity contribution in [3.63, 3.8) is 0 Å². The van der Waals surface area contributed by atoms with Gasteiger partial charge < -0.3 is 151 Å². The lowest BCUT2D eigenvalue weighted by Crippen LogP contribution is -2.72. The van der Waals surface area contributed by atoms with Gasteiger partial charge in [0.05, 0.1) is 44.6 Å². The van der Waals surface area contributed by atoms with Crippen LogP contribution in [0.1, 0.15) is 266 Å². The number of carbonyl (C=O) groups excluding carboxylic acids is 5. The van der Waals surface area contributed by atoms with Crippen molar-refractivity contribution in [2.45, 2.75) is 431 Å². The van der Waals surface area contributed by atoms with Gasteiger partial charge >= 0.3 is 5.97 Å². The first-order valence-electron chi connectivity index (χ1n) is 44.0. The van der Waals surface area contributed by atoms with Gasteiger partial charge in [-0.1, -0.05) is 201 Å². The van der Waals surface area contributed by atoms with Crippen molar-refractivity contribution in [2.75, 3.05) is 46.1 Å². The second-order valence-corrected chi connectivity index (χ2v) is 33.4. The number of amides is 5. The molecule has 5 fully saturated rings. The Morgan fingerprint density at radius 3 is 1.48 bits per heavy atom. The van der Waals surface area contributed by atoms with E-state index in [0.29, 0.717) is 64.3 Å². The van der Waals surface area contributed by atoms with E-state index in [0.717, 1.165) is 65.2 Å². The fourth-order valence-corrected chi connectivity index (χ4v) is 16.2. The Hall–Kier alpha value is -4.14. The smallest absolute Gasteiger partial charge is 0.364 e. The molecule has 36 nitrogen and oxygen atoms in total. The Morgan fingerprint density at radius 2 is 0.966 bits per heavy atom. The van der Waals surface area contributed by atoms with E-state index in [4.69, 9.17) is 48.4 Å². The number of nitrogens with zero attached hydrogens (tertiary/aromatic N) is 1. The van der Waals surface area contributed by atoms with E-state index in [2.05, 4.69) is 35.1 Å². The van der Waals surface area contributed by atoms with Gasteiger partial charge in [0, 0.05) is 52.8 Å². The molecule has 0 spiro atoms. The van der Waals surface area contributed by atoms with E-state index in [-0.39, 0.29) is 43.7 Å². The van der Waals surface area contributed by atoms with Gasteiger partial charge in [0.25, 0.3) is 5.79 Å². The molecule has 5 aliphatic rings. The molecule has 688 valence electrons. The number of aliphatic hydroxyl groups is 14. The summed E-state index contributed by atoms with van der Waals surface area (Å²) in [4.78, 5) is 81.7. The fourth-order valence-electron chi connectivity index (χ4n) is 16.2. The maximum absolute atomic E-state index is 14.5. The van der Waals surface area contributed by atoms with E-state index in [9.17, 15) is 105 Å². The molecule has 0 aromatic rings. The maximum Gasteiger partial charge on any atom is 0.364 e. The zero-order chi connectivity index (χ0) is 87.0. The zero-order valence-electron chi connectivity index (χ0n) is 70.6. The molecular weight excluding hydrogens is 1550 g/mol. The van der Waals surface area contributed by atoms with Crippen molar-refractivity contribution >= 4 is 35.5 Å². The molecule has 5 amide bonds. The SMILES string of the molecule is CCCCCCCCCCCCCCCCCCN(C(=O)CCCCCCCCCCC)[C@@H]1O[C@H](CNC(=O)CCCCCCCCO[C@@H]2O[C@H](CO)[C@@H](O[C@@H]3O[C@H](CO)[C@H](O[C@@H]4O[C@H](CO)[C@H](O)[C@H](O)[C@H]4NC(C)=O)[C@H](O[C@]4(C(=O)O)C[C@H](O)[C@@H](NC(C)=O)[C@H]([C@H](O)[C@H](O)CO)O4)[C@H]3O)[C@H](O)[C@H]2O)[C@@H](O)[C@H](O)[C@H]1NC(=O)[C@@H](N)CC(C)C.